The van der Waals surface area contributed by atoms with Gasteiger partial charge in [0.25, 0.3) is 5.91 Å². The van der Waals surface area contributed by atoms with Crippen LogP contribution < -0.4 is 16.0 Å². The lowest BCUT2D eigenvalue weighted by atomic mass is 10.1. The Morgan fingerprint density at radius 2 is 1.73 bits per heavy atom. The number of rotatable bonds is 8. The molecule has 1 aliphatic heterocycles. The number of sulfonamides is 1. The number of para-hydroxylation sites is 1. The molecule has 1 saturated carbocycles. The van der Waals surface area contributed by atoms with Crippen molar-refractivity contribution in [3.63, 3.8) is 0 Å². The Kier molecular flexibility index (Phi) is 6.99. The summed E-state index contributed by atoms with van der Waals surface area (Å²) in [6.07, 6.45) is 4.76. The standard InChI is InChI=1S/C24H30N4O4S/c1-17-9-12-19(33(31,32)28-13-5-2-6-14-28)15-22(17)27-23(29)16-25-21-8-4-3-7-20(21)24(30)26-18-10-11-18/h3-4,7-9,12,15,18,25H,2,5-6,10-11,13-14,16H2,1H3,(H,26,30)(H,27,29). The molecule has 0 spiro atoms. The van der Waals surface area contributed by atoms with Crippen LogP contribution in [0.3, 0.4) is 0 Å². The molecule has 0 aromatic heterocycles. The molecule has 1 saturated heterocycles. The Bertz CT molecular complexity index is 1140. The van der Waals surface area contributed by atoms with Gasteiger partial charge in [0.15, 0.2) is 0 Å². The van der Waals surface area contributed by atoms with Crippen LogP contribution in [-0.4, -0.2) is 50.2 Å². The number of aryl methyl sites for hydroxylation is 1. The van der Waals surface area contributed by atoms with Gasteiger partial charge in [0.05, 0.1) is 17.0 Å². The van der Waals surface area contributed by atoms with Gasteiger partial charge in [-0.05, 0) is 62.4 Å². The Labute approximate surface area is 194 Å². The van der Waals surface area contributed by atoms with Crippen LogP contribution in [-0.2, 0) is 14.8 Å². The van der Waals surface area contributed by atoms with E-state index >= 15 is 0 Å². The van der Waals surface area contributed by atoms with Gasteiger partial charge in [0.2, 0.25) is 15.9 Å². The Hall–Kier alpha value is -2.91. The highest BCUT2D eigenvalue weighted by molar-refractivity contribution is 7.89. The second kappa shape index (κ2) is 9.93. The molecule has 0 unspecified atom stereocenters. The van der Waals surface area contributed by atoms with E-state index in [0.717, 1.165) is 37.7 Å². The van der Waals surface area contributed by atoms with Gasteiger partial charge in [-0.25, -0.2) is 8.42 Å². The highest BCUT2D eigenvalue weighted by Gasteiger charge is 2.27. The number of carbonyl (C=O) groups is 2. The van der Waals surface area contributed by atoms with E-state index in [-0.39, 0.29) is 29.3 Å². The zero-order chi connectivity index (χ0) is 23.4. The predicted molar refractivity (Wildman–Crippen MR) is 128 cm³/mol. The van der Waals surface area contributed by atoms with Gasteiger partial charge in [0, 0.05) is 30.5 Å². The van der Waals surface area contributed by atoms with Crippen LogP contribution in [0.5, 0.6) is 0 Å². The first kappa shape index (κ1) is 23.3. The topological polar surface area (TPSA) is 108 Å². The van der Waals surface area contributed by atoms with Crippen molar-refractivity contribution in [2.24, 2.45) is 0 Å². The van der Waals surface area contributed by atoms with Gasteiger partial charge in [0.1, 0.15) is 0 Å². The first-order chi connectivity index (χ1) is 15.8. The summed E-state index contributed by atoms with van der Waals surface area (Å²) in [5, 5.41) is 8.78. The van der Waals surface area contributed by atoms with Crippen LogP contribution in [0, 0.1) is 6.92 Å². The number of nitrogens with zero attached hydrogens (tertiary/aromatic N) is 1. The molecule has 0 atom stereocenters. The summed E-state index contributed by atoms with van der Waals surface area (Å²) in [5.74, 6) is -0.490. The van der Waals surface area contributed by atoms with Crippen LogP contribution in [0.25, 0.3) is 0 Å². The summed E-state index contributed by atoms with van der Waals surface area (Å²) in [4.78, 5) is 25.3. The molecule has 2 amide bonds. The summed E-state index contributed by atoms with van der Waals surface area (Å²) in [5.41, 5.74) is 2.29. The van der Waals surface area contributed by atoms with Gasteiger partial charge in [-0.1, -0.05) is 24.6 Å². The van der Waals surface area contributed by atoms with E-state index in [1.165, 1.54) is 10.4 Å². The highest BCUT2D eigenvalue weighted by atomic mass is 32.2. The molecule has 2 fully saturated rings. The largest absolute Gasteiger partial charge is 0.376 e. The summed E-state index contributed by atoms with van der Waals surface area (Å²) in [6.45, 7) is 2.80. The minimum Gasteiger partial charge on any atom is -0.376 e. The second-order valence-corrected chi connectivity index (χ2v) is 10.6. The molecule has 0 bridgehead atoms. The van der Waals surface area contributed by atoms with Crippen molar-refractivity contribution in [1.82, 2.24) is 9.62 Å². The average molecular weight is 471 g/mol. The van der Waals surface area contributed by atoms with Crippen LogP contribution in [0.1, 0.15) is 48.0 Å². The number of anilines is 2. The summed E-state index contributed by atoms with van der Waals surface area (Å²) < 4.78 is 27.5. The molecule has 1 heterocycles. The quantitative estimate of drug-likeness (QED) is 0.550. The highest BCUT2D eigenvalue weighted by Crippen LogP contribution is 2.25. The second-order valence-electron chi connectivity index (χ2n) is 8.64. The molecule has 176 valence electrons. The molecular weight excluding hydrogens is 440 g/mol. The van der Waals surface area contributed by atoms with Crippen molar-refractivity contribution in [2.45, 2.75) is 50.0 Å². The van der Waals surface area contributed by atoms with Crippen LogP contribution in [0.15, 0.2) is 47.4 Å². The molecule has 1 aliphatic carbocycles. The maximum absolute atomic E-state index is 13.0. The van der Waals surface area contributed by atoms with Crippen LogP contribution >= 0.6 is 0 Å². The zero-order valence-corrected chi connectivity index (χ0v) is 19.6. The first-order valence-corrected chi connectivity index (χ1v) is 12.8. The van der Waals surface area contributed by atoms with E-state index in [9.17, 15) is 18.0 Å². The molecule has 2 aromatic carbocycles. The van der Waals surface area contributed by atoms with Crippen molar-refractivity contribution in [3.05, 3.63) is 53.6 Å². The van der Waals surface area contributed by atoms with Crippen molar-refractivity contribution in [2.75, 3.05) is 30.3 Å². The Morgan fingerprint density at radius 1 is 1.00 bits per heavy atom. The van der Waals surface area contributed by atoms with E-state index in [4.69, 9.17) is 0 Å². The molecule has 2 aliphatic rings. The fourth-order valence-electron chi connectivity index (χ4n) is 3.85. The van der Waals surface area contributed by atoms with Crippen molar-refractivity contribution < 1.29 is 18.0 Å². The van der Waals surface area contributed by atoms with Gasteiger partial charge in [-0.2, -0.15) is 4.31 Å². The average Bonchev–Trinajstić information content (AvgIpc) is 3.64. The predicted octanol–water partition coefficient (Wildman–Crippen LogP) is 3.11. The van der Waals surface area contributed by atoms with E-state index < -0.39 is 10.0 Å². The minimum atomic E-state index is -3.59. The number of hydrogen-bond acceptors (Lipinski definition) is 5. The minimum absolute atomic E-state index is 0.0593. The Balaban J connectivity index is 1.42. The molecule has 0 radical (unpaired) electrons. The lowest BCUT2D eigenvalue weighted by molar-refractivity contribution is -0.114. The van der Waals surface area contributed by atoms with E-state index in [1.54, 1.807) is 36.4 Å². The Morgan fingerprint density at radius 3 is 2.45 bits per heavy atom. The number of nitrogens with one attached hydrogen (secondary N) is 3. The van der Waals surface area contributed by atoms with Gasteiger partial charge in [-0.15, -0.1) is 0 Å². The SMILES string of the molecule is Cc1ccc(S(=O)(=O)N2CCCCC2)cc1NC(=O)CNc1ccccc1C(=O)NC1CC1. The number of hydrogen-bond donors (Lipinski definition) is 3. The maximum Gasteiger partial charge on any atom is 0.253 e. The fourth-order valence-corrected chi connectivity index (χ4v) is 5.39. The summed E-state index contributed by atoms with van der Waals surface area (Å²) in [6, 6.07) is 12.1. The molecule has 3 N–H and O–H groups in total. The third kappa shape index (κ3) is 5.72. The smallest absolute Gasteiger partial charge is 0.253 e. The molecule has 2 aromatic rings. The maximum atomic E-state index is 13.0. The molecule has 33 heavy (non-hydrogen) atoms. The fraction of sp³-hybridized carbons (Fsp3) is 0.417. The van der Waals surface area contributed by atoms with Gasteiger partial charge in [-0.3, -0.25) is 9.59 Å². The van der Waals surface area contributed by atoms with Crippen LogP contribution in [0.4, 0.5) is 11.4 Å². The lowest BCUT2D eigenvalue weighted by Gasteiger charge is -2.26. The van der Waals surface area contributed by atoms with E-state index in [1.807, 2.05) is 6.92 Å². The molecule has 9 heteroatoms. The van der Waals surface area contributed by atoms with E-state index in [2.05, 4.69) is 16.0 Å². The van der Waals surface area contributed by atoms with Gasteiger partial charge < -0.3 is 16.0 Å². The van der Waals surface area contributed by atoms with Crippen molar-refractivity contribution >= 4 is 33.2 Å². The molecular formula is C24H30N4O4S. The van der Waals surface area contributed by atoms with Gasteiger partial charge >= 0.3 is 0 Å². The normalized spacial score (nSPS) is 16.8. The van der Waals surface area contributed by atoms with Crippen molar-refractivity contribution in [3.8, 4) is 0 Å². The third-order valence-electron chi connectivity index (χ3n) is 5.96. The van der Waals surface area contributed by atoms with Crippen molar-refractivity contribution in [1.29, 1.82) is 0 Å². The number of piperidine rings is 1. The number of carbonyl (C=O) groups excluding carboxylic acids is 2. The lowest BCUT2D eigenvalue weighted by Crippen LogP contribution is -2.35. The molecule has 8 nitrogen and oxygen atoms in total. The van der Waals surface area contributed by atoms with E-state index in [0.29, 0.717) is 30.0 Å². The van der Waals surface area contributed by atoms with Crippen LogP contribution in [0.2, 0.25) is 0 Å². The summed E-state index contributed by atoms with van der Waals surface area (Å²) in [7, 11) is -3.59. The third-order valence-corrected chi connectivity index (χ3v) is 7.85. The zero-order valence-electron chi connectivity index (χ0n) is 18.8. The summed E-state index contributed by atoms with van der Waals surface area (Å²) >= 11 is 0. The molecule has 4 rings (SSSR count). The monoisotopic (exact) mass is 470 g/mol. The number of amides is 2. The number of benzene rings is 2. The first-order valence-electron chi connectivity index (χ1n) is 11.4.